The maximum Gasteiger partial charge on any atom is 0.351 e. The van der Waals surface area contributed by atoms with E-state index in [0.29, 0.717) is 0 Å². The summed E-state index contributed by atoms with van der Waals surface area (Å²) in [4.78, 5) is 33.5. The van der Waals surface area contributed by atoms with Crippen molar-refractivity contribution in [1.29, 1.82) is 0 Å². The third-order valence-electron chi connectivity index (χ3n) is 2.35. The van der Waals surface area contributed by atoms with Gasteiger partial charge in [0.15, 0.2) is 11.3 Å². The Balaban J connectivity index is 2.87. The van der Waals surface area contributed by atoms with Crippen LogP contribution in [0.4, 0.5) is 0 Å². The van der Waals surface area contributed by atoms with E-state index < -0.39 is 23.1 Å². The van der Waals surface area contributed by atoms with Crippen LogP contribution in [0.5, 0.6) is 5.75 Å². The van der Waals surface area contributed by atoms with E-state index in [2.05, 4.69) is 0 Å². The molecule has 8 heteroatoms. The van der Waals surface area contributed by atoms with Crippen LogP contribution >= 0.6 is 23.2 Å². The Morgan fingerprint density at radius 2 is 1.95 bits per heavy atom. The fraction of sp³-hybridized carbons (Fsp3) is 0.0833. The van der Waals surface area contributed by atoms with Gasteiger partial charge >= 0.3 is 17.6 Å². The Morgan fingerprint density at radius 3 is 2.50 bits per heavy atom. The summed E-state index contributed by atoms with van der Waals surface area (Å²) >= 11 is 11.7. The molecule has 1 N–H and O–H groups in total. The average molecular weight is 317 g/mol. The minimum atomic E-state index is -1.44. The molecule has 6 nitrogen and oxygen atoms in total. The highest BCUT2D eigenvalue weighted by Crippen LogP contribution is 2.39. The highest BCUT2D eigenvalue weighted by atomic mass is 35.5. The summed E-state index contributed by atoms with van der Waals surface area (Å²) in [7, 11) is 0. The topological polar surface area (TPSA) is 93.8 Å². The molecule has 2 rings (SSSR count). The van der Waals surface area contributed by atoms with Crippen LogP contribution in [0.3, 0.4) is 0 Å². The number of carbonyl (C=O) groups is 2. The van der Waals surface area contributed by atoms with Crippen molar-refractivity contribution in [3.63, 3.8) is 0 Å². The van der Waals surface area contributed by atoms with Crippen LogP contribution in [-0.4, -0.2) is 17.0 Å². The van der Waals surface area contributed by atoms with Gasteiger partial charge in [0.25, 0.3) is 0 Å². The van der Waals surface area contributed by atoms with Gasteiger partial charge in [0.2, 0.25) is 0 Å². The third-order valence-corrected chi connectivity index (χ3v) is 3.12. The van der Waals surface area contributed by atoms with Crippen molar-refractivity contribution in [2.24, 2.45) is 0 Å². The molecule has 2 aromatic rings. The molecule has 0 amide bonds. The summed E-state index contributed by atoms with van der Waals surface area (Å²) in [5, 5.41) is 8.95. The maximum absolute atomic E-state index is 11.5. The zero-order valence-electron chi connectivity index (χ0n) is 9.90. The molecule has 104 valence electrons. The van der Waals surface area contributed by atoms with E-state index in [1.54, 1.807) is 0 Å². The van der Waals surface area contributed by atoms with Gasteiger partial charge in [-0.2, -0.15) is 0 Å². The van der Waals surface area contributed by atoms with Gasteiger partial charge in [0.05, 0.1) is 5.02 Å². The third kappa shape index (κ3) is 2.48. The van der Waals surface area contributed by atoms with Gasteiger partial charge in [0, 0.05) is 12.3 Å². The number of halogens is 2. The van der Waals surface area contributed by atoms with Crippen LogP contribution in [-0.2, 0) is 4.79 Å². The molecule has 0 unspecified atom stereocenters. The van der Waals surface area contributed by atoms with Gasteiger partial charge in [0.1, 0.15) is 10.6 Å². The smallest absolute Gasteiger partial charge is 0.351 e. The minimum absolute atomic E-state index is 0.0283. The van der Waals surface area contributed by atoms with E-state index in [0.717, 1.165) is 13.0 Å². The largest absolute Gasteiger partial charge is 0.477 e. The molecule has 0 spiro atoms. The number of benzene rings is 1. The first-order chi connectivity index (χ1) is 9.31. The number of carboxylic acid groups (broad SMARTS) is 1. The molecule has 0 bridgehead atoms. The lowest BCUT2D eigenvalue weighted by molar-refractivity contribution is -0.131. The van der Waals surface area contributed by atoms with Crippen molar-refractivity contribution in [2.75, 3.05) is 0 Å². The lowest BCUT2D eigenvalue weighted by Crippen LogP contribution is -2.13. The van der Waals surface area contributed by atoms with Crippen LogP contribution in [0.1, 0.15) is 17.3 Å². The van der Waals surface area contributed by atoms with Crippen molar-refractivity contribution in [3.8, 4) is 5.75 Å². The number of carboxylic acids is 1. The maximum atomic E-state index is 11.5. The minimum Gasteiger partial charge on any atom is -0.477 e. The van der Waals surface area contributed by atoms with E-state index >= 15 is 0 Å². The van der Waals surface area contributed by atoms with E-state index in [-0.39, 0.29) is 26.8 Å². The Kier molecular flexibility index (Phi) is 3.69. The first kappa shape index (κ1) is 14.4. The SMILES string of the molecule is CC(=O)Oc1c(Cl)c(Cl)cc2cc(C(=O)O)c(=O)oc12. The quantitative estimate of drug-likeness (QED) is 0.520. The molecule has 0 saturated carbocycles. The number of hydrogen-bond acceptors (Lipinski definition) is 5. The van der Waals surface area contributed by atoms with E-state index in [9.17, 15) is 14.4 Å². The number of rotatable bonds is 2. The molecule has 0 atom stereocenters. The monoisotopic (exact) mass is 316 g/mol. The van der Waals surface area contributed by atoms with Gasteiger partial charge in [-0.25, -0.2) is 9.59 Å². The molecule has 0 radical (unpaired) electrons. The molecular formula is C12H6Cl2O6. The lowest BCUT2D eigenvalue weighted by atomic mass is 10.1. The van der Waals surface area contributed by atoms with Crippen molar-refractivity contribution in [2.45, 2.75) is 6.92 Å². The standard InChI is InChI=1S/C12H6Cl2O6/c1-4(15)19-10-8(14)7(13)3-5-2-6(11(16)17)12(18)20-9(5)10/h2-3H,1H3,(H,16,17). The Labute approximate surface area is 121 Å². The van der Waals surface area contributed by atoms with Gasteiger partial charge < -0.3 is 14.3 Å². The first-order valence-corrected chi connectivity index (χ1v) is 5.94. The van der Waals surface area contributed by atoms with Crippen LogP contribution in [0, 0.1) is 0 Å². The number of hydrogen-bond donors (Lipinski definition) is 1. The summed E-state index contributed by atoms with van der Waals surface area (Å²) in [5.41, 5.74) is -1.80. The fourth-order valence-electron chi connectivity index (χ4n) is 1.56. The van der Waals surface area contributed by atoms with E-state index in [1.807, 2.05) is 0 Å². The van der Waals surface area contributed by atoms with E-state index in [1.165, 1.54) is 6.07 Å². The zero-order valence-corrected chi connectivity index (χ0v) is 11.4. The highest BCUT2D eigenvalue weighted by molar-refractivity contribution is 6.44. The van der Waals surface area contributed by atoms with Gasteiger partial charge in [-0.3, -0.25) is 4.79 Å². The van der Waals surface area contributed by atoms with Gasteiger partial charge in [-0.05, 0) is 12.1 Å². The predicted octanol–water partition coefficient (Wildman–Crippen LogP) is 2.72. The summed E-state index contributed by atoms with van der Waals surface area (Å²) in [6.07, 6.45) is 0. The molecule has 0 aliphatic carbocycles. The van der Waals surface area contributed by atoms with E-state index in [4.69, 9.17) is 37.5 Å². The Hall–Kier alpha value is -2.05. The molecule has 0 aliphatic heterocycles. The molecule has 20 heavy (non-hydrogen) atoms. The average Bonchev–Trinajstić information content (AvgIpc) is 2.34. The number of aromatic carboxylic acids is 1. The molecule has 0 fully saturated rings. The highest BCUT2D eigenvalue weighted by Gasteiger charge is 2.20. The lowest BCUT2D eigenvalue weighted by Gasteiger charge is -2.08. The van der Waals surface area contributed by atoms with Crippen molar-refractivity contribution in [1.82, 2.24) is 0 Å². The summed E-state index contributed by atoms with van der Waals surface area (Å²) in [6, 6.07) is 2.38. The second-order valence-corrected chi connectivity index (χ2v) is 4.55. The number of esters is 1. The van der Waals surface area contributed by atoms with Crippen LogP contribution in [0.15, 0.2) is 21.3 Å². The number of ether oxygens (including phenoxy) is 1. The van der Waals surface area contributed by atoms with Crippen molar-refractivity contribution in [3.05, 3.63) is 38.2 Å². The van der Waals surface area contributed by atoms with Crippen molar-refractivity contribution < 1.29 is 23.8 Å². The van der Waals surface area contributed by atoms with Crippen LogP contribution in [0.2, 0.25) is 10.0 Å². The second-order valence-electron chi connectivity index (χ2n) is 3.77. The fourth-order valence-corrected chi connectivity index (χ4v) is 1.95. The first-order valence-electron chi connectivity index (χ1n) is 5.19. The normalized spacial score (nSPS) is 10.6. The second kappa shape index (κ2) is 5.15. The Morgan fingerprint density at radius 1 is 1.30 bits per heavy atom. The molecule has 1 aromatic heterocycles. The molecule has 1 heterocycles. The number of carbonyl (C=O) groups excluding carboxylic acids is 1. The molecule has 0 saturated heterocycles. The van der Waals surface area contributed by atoms with Gasteiger partial charge in [-0.15, -0.1) is 0 Å². The molecule has 0 aliphatic rings. The summed E-state index contributed by atoms with van der Waals surface area (Å²) in [6.45, 7) is 1.13. The Bertz CT molecular complexity index is 793. The van der Waals surface area contributed by atoms with Crippen molar-refractivity contribution >= 4 is 46.1 Å². The number of fused-ring (bicyclic) bond motifs is 1. The van der Waals surface area contributed by atoms with Gasteiger partial charge in [-0.1, -0.05) is 23.2 Å². The summed E-state index contributed by atoms with van der Waals surface area (Å²) in [5.74, 6) is -2.36. The van der Waals surface area contributed by atoms with Crippen LogP contribution < -0.4 is 10.4 Å². The van der Waals surface area contributed by atoms with Crippen LogP contribution in [0.25, 0.3) is 11.0 Å². The zero-order chi connectivity index (χ0) is 15.0. The predicted molar refractivity (Wildman–Crippen MR) is 70.8 cm³/mol. The molecular weight excluding hydrogens is 311 g/mol. The molecule has 1 aromatic carbocycles. The summed E-state index contributed by atoms with van der Waals surface area (Å²) < 4.78 is 9.72.